The molecule has 1 N–H and O–H groups in total. The molecule has 1 saturated carbocycles. The molecule has 4 rings (SSSR count). The van der Waals surface area contributed by atoms with Gasteiger partial charge < -0.3 is 10.2 Å². The molecular weight excluding hydrogens is 377 g/mol. The standard InChI is InChI=1S/C22H23F3N4/c1-4-22(8-9-22)29-12-17-18(10-13(29)2)27-14(3)28-21(17)26-11-15-6-5-7-16(19(15)23)20(24)25/h5-7,10,12,20H,2,4,8-9,11H2,1,3H3,(H,26,27,28). The number of fused-ring (bicyclic) bond motifs is 1. The number of aromatic nitrogens is 2. The zero-order chi connectivity index (χ0) is 20.8. The SMILES string of the molecule is C=C1C=c2nc(C)nc(NCc3cccc(C(F)F)c3F)c2=CN1C1(CC)CC1. The fourth-order valence-corrected chi connectivity index (χ4v) is 3.85. The summed E-state index contributed by atoms with van der Waals surface area (Å²) in [6.45, 7) is 8.16. The van der Waals surface area contributed by atoms with E-state index >= 15 is 0 Å². The van der Waals surface area contributed by atoms with Crippen LogP contribution in [0, 0.1) is 12.7 Å². The summed E-state index contributed by atoms with van der Waals surface area (Å²) in [5, 5.41) is 4.66. The Morgan fingerprint density at radius 3 is 2.69 bits per heavy atom. The van der Waals surface area contributed by atoms with Crippen LogP contribution in [0.3, 0.4) is 0 Å². The van der Waals surface area contributed by atoms with Gasteiger partial charge in [0, 0.05) is 29.5 Å². The van der Waals surface area contributed by atoms with Gasteiger partial charge in [-0.3, -0.25) is 0 Å². The molecule has 0 spiro atoms. The van der Waals surface area contributed by atoms with Crippen molar-refractivity contribution in [2.45, 2.75) is 51.6 Å². The topological polar surface area (TPSA) is 41.1 Å². The number of alkyl halides is 2. The van der Waals surface area contributed by atoms with E-state index in [9.17, 15) is 13.2 Å². The molecule has 1 aliphatic heterocycles. The van der Waals surface area contributed by atoms with Crippen molar-refractivity contribution < 1.29 is 13.2 Å². The van der Waals surface area contributed by atoms with Crippen LogP contribution in [0.15, 0.2) is 30.5 Å². The molecule has 29 heavy (non-hydrogen) atoms. The summed E-state index contributed by atoms with van der Waals surface area (Å²) < 4.78 is 40.3. The van der Waals surface area contributed by atoms with Crippen LogP contribution in [0.5, 0.6) is 0 Å². The quantitative estimate of drug-likeness (QED) is 0.802. The van der Waals surface area contributed by atoms with E-state index in [1.54, 1.807) is 6.92 Å². The van der Waals surface area contributed by atoms with E-state index in [2.05, 4.69) is 33.7 Å². The van der Waals surface area contributed by atoms with E-state index in [1.807, 2.05) is 12.3 Å². The molecule has 2 aromatic rings. The van der Waals surface area contributed by atoms with Crippen LogP contribution in [0.2, 0.25) is 0 Å². The van der Waals surface area contributed by atoms with Crippen LogP contribution < -0.4 is 15.9 Å². The largest absolute Gasteiger partial charge is 0.365 e. The Kier molecular flexibility index (Phi) is 4.84. The first kappa shape index (κ1) is 19.5. The van der Waals surface area contributed by atoms with E-state index in [-0.39, 0.29) is 17.6 Å². The molecule has 7 heteroatoms. The lowest BCUT2D eigenvalue weighted by Gasteiger charge is -2.32. The lowest BCUT2D eigenvalue weighted by atomic mass is 10.1. The first-order valence-corrected chi connectivity index (χ1v) is 9.70. The Hall–Kier alpha value is -2.83. The molecule has 2 heterocycles. The number of allylic oxidation sites excluding steroid dienone is 1. The van der Waals surface area contributed by atoms with Crippen LogP contribution in [-0.2, 0) is 6.54 Å². The van der Waals surface area contributed by atoms with Gasteiger partial charge >= 0.3 is 0 Å². The Morgan fingerprint density at radius 1 is 1.28 bits per heavy atom. The second kappa shape index (κ2) is 7.21. The number of nitrogens with one attached hydrogen (secondary N) is 1. The molecule has 0 amide bonds. The van der Waals surface area contributed by atoms with Crippen LogP contribution in [0.4, 0.5) is 19.0 Å². The highest BCUT2D eigenvalue weighted by atomic mass is 19.3. The number of hydrogen-bond donors (Lipinski definition) is 1. The Bertz CT molecular complexity index is 1090. The van der Waals surface area contributed by atoms with E-state index in [4.69, 9.17) is 0 Å². The minimum atomic E-state index is -2.85. The normalized spacial score (nSPS) is 16.9. The van der Waals surface area contributed by atoms with E-state index in [0.717, 1.165) is 41.6 Å². The van der Waals surface area contributed by atoms with Crippen molar-refractivity contribution in [2.24, 2.45) is 0 Å². The van der Waals surface area contributed by atoms with Crippen molar-refractivity contribution >= 4 is 18.1 Å². The summed E-state index contributed by atoms with van der Waals surface area (Å²) in [6.07, 6.45) is 4.29. The van der Waals surface area contributed by atoms with Crippen LogP contribution in [0.1, 0.15) is 49.6 Å². The third-order valence-electron chi connectivity index (χ3n) is 5.74. The van der Waals surface area contributed by atoms with Crippen LogP contribution in [0.25, 0.3) is 12.3 Å². The molecule has 1 aliphatic carbocycles. The van der Waals surface area contributed by atoms with E-state index < -0.39 is 17.8 Å². The molecular formula is C22H23F3N4. The molecule has 1 aromatic heterocycles. The maximum atomic E-state index is 14.4. The molecule has 1 fully saturated rings. The number of halogens is 3. The van der Waals surface area contributed by atoms with Crippen molar-refractivity contribution in [3.05, 3.63) is 63.8 Å². The number of benzene rings is 1. The van der Waals surface area contributed by atoms with Crippen molar-refractivity contribution in [3.63, 3.8) is 0 Å². The van der Waals surface area contributed by atoms with Gasteiger partial charge in [0.05, 0.1) is 16.1 Å². The average Bonchev–Trinajstić information content (AvgIpc) is 3.47. The number of nitrogens with zero attached hydrogens (tertiary/aromatic N) is 3. The number of anilines is 1. The molecule has 152 valence electrons. The lowest BCUT2D eigenvalue weighted by Crippen LogP contribution is -2.43. The zero-order valence-electron chi connectivity index (χ0n) is 16.5. The number of hydrogen-bond acceptors (Lipinski definition) is 4. The fourth-order valence-electron chi connectivity index (χ4n) is 3.85. The second-order valence-electron chi connectivity index (χ2n) is 7.61. The lowest BCUT2D eigenvalue weighted by molar-refractivity contribution is 0.146. The number of aryl methyl sites for hydroxylation is 1. The maximum absolute atomic E-state index is 14.4. The van der Waals surface area contributed by atoms with E-state index in [1.165, 1.54) is 12.1 Å². The second-order valence-corrected chi connectivity index (χ2v) is 7.61. The monoisotopic (exact) mass is 400 g/mol. The molecule has 0 bridgehead atoms. The Labute approximate surface area is 167 Å². The van der Waals surface area contributed by atoms with Crippen molar-refractivity contribution in [1.82, 2.24) is 14.9 Å². The van der Waals surface area contributed by atoms with Crippen molar-refractivity contribution in [3.8, 4) is 0 Å². The van der Waals surface area contributed by atoms with Gasteiger partial charge in [-0.25, -0.2) is 23.1 Å². The minimum absolute atomic E-state index is 0.0446. The first-order valence-electron chi connectivity index (χ1n) is 9.70. The molecule has 0 unspecified atom stereocenters. The molecule has 0 saturated heterocycles. The first-order chi connectivity index (χ1) is 13.8. The summed E-state index contributed by atoms with van der Waals surface area (Å²) in [7, 11) is 0. The predicted molar refractivity (Wildman–Crippen MR) is 107 cm³/mol. The van der Waals surface area contributed by atoms with Gasteiger partial charge in [-0.2, -0.15) is 0 Å². The molecule has 4 nitrogen and oxygen atoms in total. The zero-order valence-corrected chi connectivity index (χ0v) is 16.5. The van der Waals surface area contributed by atoms with Gasteiger partial charge in [0.1, 0.15) is 17.5 Å². The molecule has 0 radical (unpaired) electrons. The van der Waals surface area contributed by atoms with Crippen LogP contribution >= 0.6 is 0 Å². The molecule has 1 aromatic carbocycles. The highest BCUT2D eigenvalue weighted by Crippen LogP contribution is 2.47. The van der Waals surface area contributed by atoms with Gasteiger partial charge in [0.2, 0.25) is 0 Å². The Morgan fingerprint density at radius 2 is 2.03 bits per heavy atom. The highest BCUT2D eigenvalue weighted by molar-refractivity contribution is 5.57. The minimum Gasteiger partial charge on any atom is -0.365 e. The van der Waals surface area contributed by atoms with Gasteiger partial charge in [0.25, 0.3) is 6.43 Å². The summed E-state index contributed by atoms with van der Waals surface area (Å²) in [6, 6.07) is 4.03. The highest BCUT2D eigenvalue weighted by Gasteiger charge is 2.46. The summed E-state index contributed by atoms with van der Waals surface area (Å²) in [5.41, 5.74) is 0.550. The van der Waals surface area contributed by atoms with Gasteiger partial charge in [-0.15, -0.1) is 0 Å². The van der Waals surface area contributed by atoms with Crippen LogP contribution in [-0.4, -0.2) is 20.4 Å². The smallest absolute Gasteiger partial charge is 0.266 e. The summed E-state index contributed by atoms with van der Waals surface area (Å²) in [5.74, 6) is 0.230. The maximum Gasteiger partial charge on any atom is 0.266 e. The Balaban J connectivity index is 1.70. The third-order valence-corrected chi connectivity index (χ3v) is 5.74. The van der Waals surface area contributed by atoms with E-state index in [0.29, 0.717) is 11.6 Å². The van der Waals surface area contributed by atoms with Crippen molar-refractivity contribution in [2.75, 3.05) is 5.32 Å². The number of rotatable bonds is 6. The fraction of sp³-hybridized carbons (Fsp3) is 0.364. The average molecular weight is 400 g/mol. The van der Waals surface area contributed by atoms with Gasteiger partial charge in [-0.1, -0.05) is 31.7 Å². The van der Waals surface area contributed by atoms with Gasteiger partial charge in [0.15, 0.2) is 0 Å². The summed E-state index contributed by atoms with van der Waals surface area (Å²) in [4.78, 5) is 11.2. The molecule has 2 aliphatic rings. The van der Waals surface area contributed by atoms with Gasteiger partial charge in [-0.05, 0) is 32.3 Å². The predicted octanol–water partition coefficient (Wildman–Crippen LogP) is 3.76. The third kappa shape index (κ3) is 3.50. The summed E-state index contributed by atoms with van der Waals surface area (Å²) >= 11 is 0. The molecule has 0 atom stereocenters. The van der Waals surface area contributed by atoms with Crippen molar-refractivity contribution in [1.29, 1.82) is 0 Å².